The lowest BCUT2D eigenvalue weighted by Gasteiger charge is -2.26. The highest BCUT2D eigenvalue weighted by molar-refractivity contribution is 7.15. The standard InChI is InChI=1S/C14H14N4O2S2/c19-13(16-17-3-5-20-6-4-17)11-9-22-14-15-10(8-18(11)14)12-2-1-7-21-12/h1-2,7-9H,3-6H2,(H,16,19). The molecule has 22 heavy (non-hydrogen) atoms. The van der Waals surface area contributed by atoms with Gasteiger partial charge in [0.1, 0.15) is 11.4 Å². The van der Waals surface area contributed by atoms with Gasteiger partial charge in [-0.1, -0.05) is 6.07 Å². The summed E-state index contributed by atoms with van der Waals surface area (Å²) in [6.45, 7) is 2.71. The van der Waals surface area contributed by atoms with E-state index in [-0.39, 0.29) is 5.91 Å². The molecule has 1 aliphatic heterocycles. The van der Waals surface area contributed by atoms with Crippen molar-refractivity contribution in [3.8, 4) is 10.6 Å². The van der Waals surface area contributed by atoms with Crippen molar-refractivity contribution in [2.75, 3.05) is 26.3 Å². The van der Waals surface area contributed by atoms with Gasteiger partial charge in [0, 0.05) is 24.7 Å². The second-order valence-corrected chi connectivity index (χ2v) is 6.70. The average molecular weight is 334 g/mol. The fraction of sp³-hybridized carbons (Fsp3) is 0.286. The van der Waals surface area contributed by atoms with Crippen LogP contribution in [0.2, 0.25) is 0 Å². The zero-order valence-corrected chi connectivity index (χ0v) is 13.3. The van der Waals surface area contributed by atoms with Gasteiger partial charge >= 0.3 is 0 Å². The van der Waals surface area contributed by atoms with E-state index in [9.17, 15) is 4.79 Å². The highest BCUT2D eigenvalue weighted by atomic mass is 32.1. The number of ether oxygens (including phenoxy) is 1. The number of nitrogens with one attached hydrogen (secondary N) is 1. The van der Waals surface area contributed by atoms with Crippen molar-refractivity contribution in [2.45, 2.75) is 0 Å². The first-order chi connectivity index (χ1) is 10.8. The summed E-state index contributed by atoms with van der Waals surface area (Å²) in [4.78, 5) is 19.0. The Morgan fingerprint density at radius 2 is 2.18 bits per heavy atom. The molecule has 114 valence electrons. The van der Waals surface area contributed by atoms with Crippen molar-refractivity contribution in [2.24, 2.45) is 0 Å². The van der Waals surface area contributed by atoms with Gasteiger partial charge < -0.3 is 4.74 Å². The van der Waals surface area contributed by atoms with E-state index in [4.69, 9.17) is 4.74 Å². The lowest BCUT2D eigenvalue weighted by atomic mass is 10.4. The molecule has 8 heteroatoms. The minimum absolute atomic E-state index is 0.108. The van der Waals surface area contributed by atoms with Crippen LogP contribution in [0.1, 0.15) is 10.5 Å². The third-order valence-corrected chi connectivity index (χ3v) is 5.22. The summed E-state index contributed by atoms with van der Waals surface area (Å²) >= 11 is 3.12. The number of hydrazine groups is 1. The maximum atomic E-state index is 12.5. The predicted octanol–water partition coefficient (Wildman–Crippen LogP) is 2.10. The first kappa shape index (κ1) is 13.9. The summed E-state index contributed by atoms with van der Waals surface area (Å²) in [5, 5.41) is 5.76. The van der Waals surface area contributed by atoms with E-state index < -0.39 is 0 Å². The molecule has 0 unspecified atom stereocenters. The largest absolute Gasteiger partial charge is 0.379 e. The van der Waals surface area contributed by atoms with Crippen LogP contribution in [0.15, 0.2) is 29.1 Å². The number of thiophene rings is 1. The number of fused-ring (bicyclic) bond motifs is 1. The minimum atomic E-state index is -0.108. The third-order valence-electron chi connectivity index (χ3n) is 3.49. The Hall–Kier alpha value is -1.74. The zero-order chi connectivity index (χ0) is 14.9. The van der Waals surface area contributed by atoms with E-state index in [1.54, 1.807) is 11.3 Å². The lowest BCUT2D eigenvalue weighted by molar-refractivity contribution is 0.0124. The highest BCUT2D eigenvalue weighted by Crippen LogP contribution is 2.26. The van der Waals surface area contributed by atoms with E-state index >= 15 is 0 Å². The van der Waals surface area contributed by atoms with Gasteiger partial charge in [-0.05, 0) is 11.4 Å². The Morgan fingerprint density at radius 1 is 1.32 bits per heavy atom. The van der Waals surface area contributed by atoms with Crippen LogP contribution < -0.4 is 5.43 Å². The van der Waals surface area contributed by atoms with Gasteiger partial charge in [-0.15, -0.1) is 22.7 Å². The molecule has 0 saturated carbocycles. The molecule has 6 nitrogen and oxygen atoms in total. The van der Waals surface area contributed by atoms with Crippen LogP contribution in [0.4, 0.5) is 0 Å². The Balaban J connectivity index is 1.59. The Kier molecular flexibility index (Phi) is 3.67. The number of carbonyl (C=O) groups is 1. The third kappa shape index (κ3) is 2.54. The van der Waals surface area contributed by atoms with Crippen LogP contribution in [-0.2, 0) is 4.74 Å². The van der Waals surface area contributed by atoms with Crippen molar-refractivity contribution in [1.82, 2.24) is 19.8 Å². The van der Waals surface area contributed by atoms with Gasteiger partial charge in [-0.2, -0.15) is 0 Å². The Labute approximate surface area is 134 Å². The number of thiazole rings is 1. The average Bonchev–Trinajstić information content (AvgIpc) is 3.24. The molecule has 1 amide bonds. The fourth-order valence-corrected chi connectivity index (χ4v) is 3.90. The van der Waals surface area contributed by atoms with Crippen molar-refractivity contribution in [3.05, 3.63) is 34.8 Å². The van der Waals surface area contributed by atoms with E-state index in [0.717, 1.165) is 15.5 Å². The van der Waals surface area contributed by atoms with Crippen LogP contribution in [0.5, 0.6) is 0 Å². The van der Waals surface area contributed by atoms with Crippen LogP contribution in [0.25, 0.3) is 15.5 Å². The zero-order valence-electron chi connectivity index (χ0n) is 11.7. The molecule has 1 aliphatic rings. The topological polar surface area (TPSA) is 58.9 Å². The minimum Gasteiger partial charge on any atom is -0.379 e. The van der Waals surface area contributed by atoms with Crippen molar-refractivity contribution in [3.63, 3.8) is 0 Å². The fourth-order valence-electron chi connectivity index (χ4n) is 2.37. The predicted molar refractivity (Wildman–Crippen MR) is 86.2 cm³/mol. The maximum Gasteiger partial charge on any atom is 0.283 e. The van der Waals surface area contributed by atoms with E-state index in [1.165, 1.54) is 11.3 Å². The molecular weight excluding hydrogens is 320 g/mol. The van der Waals surface area contributed by atoms with Gasteiger partial charge in [0.15, 0.2) is 4.96 Å². The number of imidazole rings is 1. The second-order valence-electron chi connectivity index (χ2n) is 4.92. The summed E-state index contributed by atoms with van der Waals surface area (Å²) in [6.07, 6.45) is 1.92. The Morgan fingerprint density at radius 3 is 2.95 bits per heavy atom. The van der Waals surface area contributed by atoms with Crippen molar-refractivity contribution in [1.29, 1.82) is 0 Å². The molecule has 0 aliphatic carbocycles. The number of hydrogen-bond acceptors (Lipinski definition) is 6. The maximum absolute atomic E-state index is 12.5. The summed E-state index contributed by atoms with van der Waals surface area (Å²) in [7, 11) is 0. The van der Waals surface area contributed by atoms with E-state index in [0.29, 0.717) is 32.0 Å². The molecule has 4 heterocycles. The summed E-state index contributed by atoms with van der Waals surface area (Å²) in [6, 6.07) is 4.03. The Bertz CT molecular complexity index is 787. The van der Waals surface area contributed by atoms with Crippen molar-refractivity contribution >= 4 is 33.5 Å². The summed E-state index contributed by atoms with van der Waals surface area (Å²) < 4.78 is 7.14. The summed E-state index contributed by atoms with van der Waals surface area (Å²) in [5.41, 5.74) is 4.45. The van der Waals surface area contributed by atoms with Gasteiger partial charge in [0.2, 0.25) is 0 Å². The summed E-state index contributed by atoms with van der Waals surface area (Å²) in [5.74, 6) is -0.108. The molecule has 0 radical (unpaired) electrons. The number of hydrogen-bond donors (Lipinski definition) is 1. The molecule has 1 fully saturated rings. The molecule has 3 aromatic heterocycles. The monoisotopic (exact) mass is 334 g/mol. The number of morpholine rings is 1. The van der Waals surface area contributed by atoms with Crippen LogP contribution in [-0.4, -0.2) is 46.6 Å². The molecule has 0 spiro atoms. The SMILES string of the molecule is O=C(NN1CCOCC1)c1csc2nc(-c3cccs3)cn12. The highest BCUT2D eigenvalue weighted by Gasteiger charge is 2.19. The molecule has 3 aromatic rings. The lowest BCUT2D eigenvalue weighted by Crippen LogP contribution is -2.48. The molecule has 0 bridgehead atoms. The van der Waals surface area contributed by atoms with E-state index in [1.807, 2.05) is 38.5 Å². The van der Waals surface area contributed by atoms with Gasteiger partial charge in [0.05, 0.1) is 18.1 Å². The van der Waals surface area contributed by atoms with Gasteiger partial charge in [0.25, 0.3) is 5.91 Å². The van der Waals surface area contributed by atoms with Gasteiger partial charge in [-0.25, -0.2) is 9.99 Å². The van der Waals surface area contributed by atoms with Crippen LogP contribution in [0, 0.1) is 0 Å². The molecule has 1 N–H and O–H groups in total. The molecule has 0 aromatic carbocycles. The normalized spacial score (nSPS) is 16.2. The number of carbonyl (C=O) groups excluding carboxylic acids is 1. The quantitative estimate of drug-likeness (QED) is 0.797. The molecular formula is C14H14N4O2S2. The first-order valence-corrected chi connectivity index (χ1v) is 8.71. The second kappa shape index (κ2) is 5.81. The van der Waals surface area contributed by atoms with Crippen LogP contribution >= 0.6 is 22.7 Å². The number of amides is 1. The first-order valence-electron chi connectivity index (χ1n) is 6.95. The molecule has 1 saturated heterocycles. The van der Waals surface area contributed by atoms with Crippen LogP contribution in [0.3, 0.4) is 0 Å². The number of nitrogens with zero attached hydrogens (tertiary/aromatic N) is 3. The molecule has 0 atom stereocenters. The number of aromatic nitrogens is 2. The molecule has 4 rings (SSSR count). The smallest absolute Gasteiger partial charge is 0.283 e. The van der Waals surface area contributed by atoms with Crippen molar-refractivity contribution < 1.29 is 9.53 Å². The number of rotatable bonds is 3. The van der Waals surface area contributed by atoms with E-state index in [2.05, 4.69) is 10.4 Å². The van der Waals surface area contributed by atoms with Gasteiger partial charge in [-0.3, -0.25) is 14.6 Å².